The number of rotatable bonds is 2. The average Bonchev–Trinajstić information content (AvgIpc) is 2.23. The van der Waals surface area contributed by atoms with Crippen molar-refractivity contribution in [3.63, 3.8) is 0 Å². The lowest BCUT2D eigenvalue weighted by atomic mass is 10.1. The average molecular weight is 184 g/mol. The van der Waals surface area contributed by atoms with Gasteiger partial charge in [0.1, 0.15) is 5.82 Å². The summed E-state index contributed by atoms with van der Waals surface area (Å²) in [7, 11) is 0. The third-order valence-corrected chi connectivity index (χ3v) is 2.10. The van der Waals surface area contributed by atoms with Gasteiger partial charge in [-0.3, -0.25) is 0 Å². The van der Waals surface area contributed by atoms with E-state index in [4.69, 9.17) is 0 Å². The van der Waals surface area contributed by atoms with Crippen LogP contribution in [-0.4, -0.2) is 9.97 Å². The molecule has 2 aromatic rings. The van der Waals surface area contributed by atoms with Gasteiger partial charge in [-0.1, -0.05) is 29.8 Å². The predicted octanol–water partition coefficient (Wildman–Crippen LogP) is 2.38. The summed E-state index contributed by atoms with van der Waals surface area (Å²) in [6, 6.07) is 10.3. The van der Waals surface area contributed by atoms with Crippen molar-refractivity contribution in [2.45, 2.75) is 13.3 Å². The largest absolute Gasteiger partial charge is 0.241 e. The van der Waals surface area contributed by atoms with E-state index in [1.165, 1.54) is 11.1 Å². The second kappa shape index (κ2) is 4.01. The maximum absolute atomic E-state index is 4.19. The zero-order valence-electron chi connectivity index (χ0n) is 8.14. The number of hydrogen-bond donors (Lipinski definition) is 0. The van der Waals surface area contributed by atoms with Gasteiger partial charge in [0, 0.05) is 18.8 Å². The lowest BCUT2D eigenvalue weighted by Crippen LogP contribution is -1.94. The summed E-state index contributed by atoms with van der Waals surface area (Å²) in [6.45, 7) is 2.09. The minimum Gasteiger partial charge on any atom is -0.241 e. The number of aromatic nitrogens is 2. The Morgan fingerprint density at radius 1 is 1.00 bits per heavy atom. The van der Waals surface area contributed by atoms with Crippen LogP contribution in [-0.2, 0) is 6.42 Å². The SMILES string of the molecule is Cc1ccc(Cc2ncccn2)cc1. The van der Waals surface area contributed by atoms with E-state index in [0.717, 1.165) is 12.2 Å². The molecule has 0 aliphatic heterocycles. The molecule has 0 aliphatic rings. The van der Waals surface area contributed by atoms with Crippen molar-refractivity contribution >= 4 is 0 Å². The quantitative estimate of drug-likeness (QED) is 0.716. The van der Waals surface area contributed by atoms with Gasteiger partial charge in [-0.05, 0) is 18.6 Å². The van der Waals surface area contributed by atoms with Gasteiger partial charge in [0.05, 0.1) is 0 Å². The van der Waals surface area contributed by atoms with Crippen molar-refractivity contribution in [1.82, 2.24) is 9.97 Å². The second-order valence-electron chi connectivity index (χ2n) is 3.33. The number of aryl methyl sites for hydroxylation is 1. The molecule has 1 heterocycles. The van der Waals surface area contributed by atoms with Crippen molar-refractivity contribution in [1.29, 1.82) is 0 Å². The van der Waals surface area contributed by atoms with Gasteiger partial charge in [0.2, 0.25) is 0 Å². The third-order valence-electron chi connectivity index (χ3n) is 2.10. The Bertz CT molecular complexity index is 392. The van der Waals surface area contributed by atoms with Crippen LogP contribution in [0.3, 0.4) is 0 Å². The molecule has 2 nitrogen and oxygen atoms in total. The van der Waals surface area contributed by atoms with Crippen LogP contribution in [0.4, 0.5) is 0 Å². The molecule has 0 bridgehead atoms. The van der Waals surface area contributed by atoms with Crippen molar-refractivity contribution in [2.75, 3.05) is 0 Å². The molecule has 14 heavy (non-hydrogen) atoms. The first-order valence-electron chi connectivity index (χ1n) is 4.66. The van der Waals surface area contributed by atoms with Crippen LogP contribution in [0.5, 0.6) is 0 Å². The number of nitrogens with zero attached hydrogens (tertiary/aromatic N) is 2. The summed E-state index contributed by atoms with van der Waals surface area (Å²) in [4.78, 5) is 8.37. The summed E-state index contributed by atoms with van der Waals surface area (Å²) in [6.07, 6.45) is 4.36. The lowest BCUT2D eigenvalue weighted by molar-refractivity contribution is 0.967. The third kappa shape index (κ3) is 2.16. The van der Waals surface area contributed by atoms with E-state index >= 15 is 0 Å². The fraction of sp³-hybridized carbons (Fsp3) is 0.167. The fourth-order valence-electron chi connectivity index (χ4n) is 1.31. The molecule has 0 amide bonds. The Morgan fingerprint density at radius 2 is 1.64 bits per heavy atom. The van der Waals surface area contributed by atoms with E-state index in [-0.39, 0.29) is 0 Å². The number of hydrogen-bond acceptors (Lipinski definition) is 2. The highest BCUT2D eigenvalue weighted by molar-refractivity contribution is 5.23. The van der Waals surface area contributed by atoms with Gasteiger partial charge in [-0.2, -0.15) is 0 Å². The molecule has 0 spiro atoms. The normalized spacial score (nSPS) is 10.1. The van der Waals surface area contributed by atoms with E-state index in [1.54, 1.807) is 12.4 Å². The van der Waals surface area contributed by atoms with E-state index in [2.05, 4.69) is 41.2 Å². The minimum atomic E-state index is 0.807. The Morgan fingerprint density at radius 3 is 2.29 bits per heavy atom. The first kappa shape index (κ1) is 8.88. The van der Waals surface area contributed by atoms with E-state index in [9.17, 15) is 0 Å². The second-order valence-corrected chi connectivity index (χ2v) is 3.33. The lowest BCUT2D eigenvalue weighted by Gasteiger charge is -2.00. The van der Waals surface area contributed by atoms with Crippen LogP contribution >= 0.6 is 0 Å². The first-order valence-corrected chi connectivity index (χ1v) is 4.66. The predicted molar refractivity (Wildman–Crippen MR) is 56.0 cm³/mol. The number of benzene rings is 1. The molecule has 0 aliphatic carbocycles. The highest BCUT2D eigenvalue weighted by atomic mass is 14.8. The summed E-state index contributed by atoms with van der Waals surface area (Å²) in [5, 5.41) is 0. The Hall–Kier alpha value is -1.70. The van der Waals surface area contributed by atoms with E-state index < -0.39 is 0 Å². The molecular weight excluding hydrogens is 172 g/mol. The molecule has 0 fully saturated rings. The van der Waals surface area contributed by atoms with Gasteiger partial charge in [-0.25, -0.2) is 9.97 Å². The van der Waals surface area contributed by atoms with Crippen molar-refractivity contribution in [2.24, 2.45) is 0 Å². The molecule has 0 saturated heterocycles. The van der Waals surface area contributed by atoms with E-state index in [0.29, 0.717) is 0 Å². The van der Waals surface area contributed by atoms with Gasteiger partial charge >= 0.3 is 0 Å². The molecule has 0 unspecified atom stereocenters. The summed E-state index contributed by atoms with van der Waals surface area (Å²) >= 11 is 0. The van der Waals surface area contributed by atoms with Crippen LogP contribution in [0.2, 0.25) is 0 Å². The molecule has 0 N–H and O–H groups in total. The standard InChI is InChI=1S/C12H12N2/c1-10-3-5-11(6-4-10)9-12-13-7-2-8-14-12/h2-8H,9H2,1H3. The van der Waals surface area contributed by atoms with Gasteiger partial charge < -0.3 is 0 Å². The Labute approximate surface area is 83.7 Å². The first-order chi connectivity index (χ1) is 6.84. The molecule has 2 rings (SSSR count). The van der Waals surface area contributed by atoms with Crippen LogP contribution < -0.4 is 0 Å². The molecular formula is C12H12N2. The zero-order valence-corrected chi connectivity index (χ0v) is 8.14. The molecule has 70 valence electrons. The Balaban J connectivity index is 2.16. The minimum absolute atomic E-state index is 0.807. The van der Waals surface area contributed by atoms with Crippen molar-refractivity contribution in [3.8, 4) is 0 Å². The van der Waals surface area contributed by atoms with E-state index in [1.807, 2.05) is 6.07 Å². The molecule has 2 heteroatoms. The smallest absolute Gasteiger partial charge is 0.132 e. The molecule has 1 aromatic heterocycles. The van der Waals surface area contributed by atoms with Crippen LogP contribution in [0.15, 0.2) is 42.7 Å². The molecule has 0 atom stereocenters. The summed E-state index contributed by atoms with van der Waals surface area (Å²) in [5.74, 6) is 0.872. The highest BCUT2D eigenvalue weighted by Crippen LogP contribution is 2.06. The zero-order chi connectivity index (χ0) is 9.80. The maximum Gasteiger partial charge on any atom is 0.132 e. The summed E-state index contributed by atoms with van der Waals surface area (Å²) in [5.41, 5.74) is 2.53. The fourth-order valence-corrected chi connectivity index (χ4v) is 1.31. The summed E-state index contributed by atoms with van der Waals surface area (Å²) < 4.78 is 0. The molecule has 1 aromatic carbocycles. The van der Waals surface area contributed by atoms with Gasteiger partial charge in [0.25, 0.3) is 0 Å². The van der Waals surface area contributed by atoms with Crippen LogP contribution in [0, 0.1) is 6.92 Å². The van der Waals surface area contributed by atoms with Crippen LogP contribution in [0.25, 0.3) is 0 Å². The van der Waals surface area contributed by atoms with Gasteiger partial charge in [0.15, 0.2) is 0 Å². The van der Waals surface area contributed by atoms with Crippen molar-refractivity contribution < 1.29 is 0 Å². The molecule has 0 saturated carbocycles. The topological polar surface area (TPSA) is 25.8 Å². The highest BCUT2D eigenvalue weighted by Gasteiger charge is 1.96. The monoisotopic (exact) mass is 184 g/mol. The Kier molecular flexibility index (Phi) is 2.54. The maximum atomic E-state index is 4.19. The van der Waals surface area contributed by atoms with Gasteiger partial charge in [-0.15, -0.1) is 0 Å². The molecule has 0 radical (unpaired) electrons. The van der Waals surface area contributed by atoms with Crippen LogP contribution in [0.1, 0.15) is 17.0 Å². The van der Waals surface area contributed by atoms with Crippen molar-refractivity contribution in [3.05, 3.63) is 59.7 Å².